The molecule has 3 rings (SSSR count). The summed E-state index contributed by atoms with van der Waals surface area (Å²) < 4.78 is 2.17. The molecule has 2 aromatic heterocycles. The lowest BCUT2D eigenvalue weighted by atomic mass is 10.1. The van der Waals surface area contributed by atoms with Crippen molar-refractivity contribution in [2.75, 3.05) is 0 Å². The molecule has 0 spiro atoms. The zero-order valence-electron chi connectivity index (χ0n) is 14.5. The van der Waals surface area contributed by atoms with Crippen molar-refractivity contribution in [1.82, 2.24) is 24.8 Å². The van der Waals surface area contributed by atoms with Crippen LogP contribution in [0.4, 0.5) is 0 Å². The first-order valence-electron chi connectivity index (χ1n) is 8.23. The van der Waals surface area contributed by atoms with E-state index in [2.05, 4.69) is 26.9 Å². The van der Waals surface area contributed by atoms with Gasteiger partial charge in [-0.05, 0) is 55.8 Å². The van der Waals surface area contributed by atoms with E-state index in [-0.39, 0.29) is 12.3 Å². The monoisotopic (exact) mass is 357 g/mol. The Labute approximate surface area is 151 Å². The standard InChI is InChI=1S/C18H20ClN5O/c1-4-9-23-12(2)10-16(13(23)3)17(25)11-24-21-18(20-22-24)14-5-7-15(19)8-6-14/h5-8,10H,4,9,11H2,1-3H3. The number of nitrogens with zero attached hydrogens (tertiary/aromatic N) is 5. The quantitative estimate of drug-likeness (QED) is 0.631. The van der Waals surface area contributed by atoms with Gasteiger partial charge in [-0.1, -0.05) is 18.5 Å². The maximum atomic E-state index is 12.6. The summed E-state index contributed by atoms with van der Waals surface area (Å²) in [5.74, 6) is 0.455. The number of carbonyl (C=O) groups is 1. The number of halogens is 1. The predicted molar refractivity (Wildman–Crippen MR) is 96.8 cm³/mol. The first-order chi connectivity index (χ1) is 12.0. The maximum absolute atomic E-state index is 12.6. The summed E-state index contributed by atoms with van der Waals surface area (Å²) in [5.41, 5.74) is 3.61. The van der Waals surface area contributed by atoms with Gasteiger partial charge in [0.15, 0.2) is 5.78 Å². The minimum absolute atomic E-state index is 0.0180. The van der Waals surface area contributed by atoms with E-state index in [0.717, 1.165) is 35.5 Å². The van der Waals surface area contributed by atoms with Gasteiger partial charge >= 0.3 is 0 Å². The molecule has 0 radical (unpaired) electrons. The summed E-state index contributed by atoms with van der Waals surface area (Å²) >= 11 is 5.88. The second kappa shape index (κ2) is 7.19. The first-order valence-corrected chi connectivity index (χ1v) is 8.61. The number of hydrogen-bond acceptors (Lipinski definition) is 4. The van der Waals surface area contributed by atoms with Crippen molar-refractivity contribution in [1.29, 1.82) is 0 Å². The summed E-state index contributed by atoms with van der Waals surface area (Å²) in [6, 6.07) is 9.12. The molecule has 0 aliphatic carbocycles. The van der Waals surface area contributed by atoms with Crippen molar-refractivity contribution in [3.8, 4) is 11.4 Å². The molecule has 0 saturated heterocycles. The molecule has 2 heterocycles. The normalized spacial score (nSPS) is 11.0. The van der Waals surface area contributed by atoms with E-state index in [9.17, 15) is 4.79 Å². The number of benzene rings is 1. The lowest BCUT2D eigenvalue weighted by molar-refractivity contribution is 0.0960. The third-order valence-corrected chi connectivity index (χ3v) is 4.41. The molecule has 0 fully saturated rings. The third-order valence-electron chi connectivity index (χ3n) is 4.16. The molecule has 0 saturated carbocycles. The predicted octanol–water partition coefficient (Wildman–Crippen LogP) is 3.70. The van der Waals surface area contributed by atoms with Crippen LogP contribution in [-0.2, 0) is 13.1 Å². The molecule has 0 aliphatic rings. The Morgan fingerprint density at radius 1 is 1.20 bits per heavy atom. The van der Waals surface area contributed by atoms with Crippen molar-refractivity contribution < 1.29 is 4.79 Å². The van der Waals surface area contributed by atoms with E-state index < -0.39 is 0 Å². The molecular formula is C18H20ClN5O. The molecule has 130 valence electrons. The zero-order chi connectivity index (χ0) is 18.0. The Kier molecular flexibility index (Phi) is 4.99. The minimum atomic E-state index is -0.0180. The van der Waals surface area contributed by atoms with Crippen LogP contribution in [-0.4, -0.2) is 30.6 Å². The number of ketones is 1. The van der Waals surface area contributed by atoms with Crippen molar-refractivity contribution in [3.05, 3.63) is 52.3 Å². The highest BCUT2D eigenvalue weighted by molar-refractivity contribution is 6.30. The van der Waals surface area contributed by atoms with Gasteiger partial charge in [0.05, 0.1) is 0 Å². The van der Waals surface area contributed by atoms with Crippen molar-refractivity contribution in [2.24, 2.45) is 0 Å². The van der Waals surface area contributed by atoms with Crippen LogP contribution in [0.1, 0.15) is 35.1 Å². The van der Waals surface area contributed by atoms with Gasteiger partial charge in [0.1, 0.15) is 6.54 Å². The van der Waals surface area contributed by atoms with Crippen LogP contribution >= 0.6 is 11.6 Å². The average molecular weight is 358 g/mol. The SMILES string of the molecule is CCCn1c(C)cc(C(=O)Cn2nnc(-c3ccc(Cl)cc3)n2)c1C. The lowest BCUT2D eigenvalue weighted by Gasteiger charge is -2.07. The summed E-state index contributed by atoms with van der Waals surface area (Å²) in [5, 5.41) is 13.0. The van der Waals surface area contributed by atoms with Crippen LogP contribution in [0.15, 0.2) is 30.3 Å². The number of rotatable bonds is 6. The number of Topliss-reactive ketones (excluding diaryl/α,β-unsaturated/α-hetero) is 1. The van der Waals surface area contributed by atoms with Crippen molar-refractivity contribution >= 4 is 17.4 Å². The molecule has 0 N–H and O–H groups in total. The van der Waals surface area contributed by atoms with Gasteiger partial charge in [-0.25, -0.2) is 0 Å². The Balaban J connectivity index is 1.78. The van der Waals surface area contributed by atoms with Crippen LogP contribution in [0, 0.1) is 13.8 Å². The van der Waals surface area contributed by atoms with Gasteiger partial charge < -0.3 is 4.57 Å². The van der Waals surface area contributed by atoms with Gasteiger partial charge in [0.2, 0.25) is 5.82 Å². The zero-order valence-corrected chi connectivity index (χ0v) is 15.3. The molecule has 0 aliphatic heterocycles. The van der Waals surface area contributed by atoms with Crippen LogP contribution in [0.5, 0.6) is 0 Å². The van der Waals surface area contributed by atoms with Crippen LogP contribution in [0.3, 0.4) is 0 Å². The second-order valence-corrected chi connectivity index (χ2v) is 6.45. The van der Waals surface area contributed by atoms with Crippen molar-refractivity contribution in [2.45, 2.75) is 40.3 Å². The average Bonchev–Trinajstić information content (AvgIpc) is 3.15. The number of hydrogen-bond donors (Lipinski definition) is 0. The van der Waals surface area contributed by atoms with E-state index in [1.54, 1.807) is 12.1 Å². The van der Waals surface area contributed by atoms with Gasteiger partial charge in [0, 0.05) is 34.1 Å². The molecule has 6 nitrogen and oxygen atoms in total. The van der Waals surface area contributed by atoms with E-state index in [0.29, 0.717) is 10.8 Å². The summed E-state index contributed by atoms with van der Waals surface area (Å²) in [6.45, 7) is 7.10. The molecule has 3 aromatic rings. The lowest BCUT2D eigenvalue weighted by Crippen LogP contribution is -2.14. The molecule has 25 heavy (non-hydrogen) atoms. The third kappa shape index (κ3) is 3.64. The highest BCUT2D eigenvalue weighted by Crippen LogP contribution is 2.18. The molecule has 0 unspecified atom stereocenters. The van der Waals surface area contributed by atoms with E-state index in [4.69, 9.17) is 11.6 Å². The first kappa shape index (κ1) is 17.4. The highest BCUT2D eigenvalue weighted by Gasteiger charge is 2.17. The molecule has 0 amide bonds. The Morgan fingerprint density at radius 3 is 2.60 bits per heavy atom. The van der Waals surface area contributed by atoms with E-state index in [1.165, 1.54) is 4.80 Å². The number of aryl methyl sites for hydroxylation is 1. The molecule has 0 atom stereocenters. The maximum Gasteiger partial charge on any atom is 0.204 e. The Hall–Kier alpha value is -2.47. The van der Waals surface area contributed by atoms with Gasteiger partial charge in [0.25, 0.3) is 0 Å². The van der Waals surface area contributed by atoms with Crippen LogP contribution in [0.25, 0.3) is 11.4 Å². The van der Waals surface area contributed by atoms with Crippen LogP contribution < -0.4 is 0 Å². The summed E-state index contributed by atoms with van der Waals surface area (Å²) in [4.78, 5) is 14.0. The summed E-state index contributed by atoms with van der Waals surface area (Å²) in [7, 11) is 0. The van der Waals surface area contributed by atoms with Gasteiger partial charge in [-0.3, -0.25) is 4.79 Å². The van der Waals surface area contributed by atoms with Gasteiger partial charge in [-0.15, -0.1) is 10.2 Å². The molecular weight excluding hydrogens is 338 g/mol. The summed E-state index contributed by atoms with van der Waals surface area (Å²) in [6.07, 6.45) is 1.03. The fraction of sp³-hybridized carbons (Fsp3) is 0.333. The smallest absolute Gasteiger partial charge is 0.204 e. The highest BCUT2D eigenvalue weighted by atomic mass is 35.5. The van der Waals surface area contributed by atoms with E-state index in [1.807, 2.05) is 32.0 Å². The fourth-order valence-corrected chi connectivity index (χ4v) is 3.02. The number of carbonyl (C=O) groups excluding carboxylic acids is 1. The second-order valence-electron chi connectivity index (χ2n) is 6.01. The number of tetrazole rings is 1. The number of aromatic nitrogens is 5. The van der Waals surface area contributed by atoms with Crippen molar-refractivity contribution in [3.63, 3.8) is 0 Å². The molecule has 0 bridgehead atoms. The molecule has 7 heteroatoms. The van der Waals surface area contributed by atoms with E-state index >= 15 is 0 Å². The Morgan fingerprint density at radius 2 is 1.92 bits per heavy atom. The fourth-order valence-electron chi connectivity index (χ4n) is 2.89. The molecule has 1 aromatic carbocycles. The minimum Gasteiger partial charge on any atom is -0.348 e. The van der Waals surface area contributed by atoms with Gasteiger partial charge in [-0.2, -0.15) is 4.80 Å². The largest absolute Gasteiger partial charge is 0.348 e. The topological polar surface area (TPSA) is 65.6 Å². The Bertz CT molecular complexity index is 895. The van der Waals surface area contributed by atoms with Crippen LogP contribution in [0.2, 0.25) is 5.02 Å².